The van der Waals surface area contributed by atoms with Crippen molar-refractivity contribution in [2.45, 2.75) is 43.7 Å². The number of nitrogens with zero attached hydrogens (tertiary/aromatic N) is 1. The topological polar surface area (TPSA) is 89.4 Å². The molecule has 29 heavy (non-hydrogen) atoms. The minimum absolute atomic E-state index is 0.0866. The summed E-state index contributed by atoms with van der Waals surface area (Å²) in [6.07, 6.45) is 1.24. The van der Waals surface area contributed by atoms with Gasteiger partial charge in [0.15, 0.2) is 11.6 Å². The minimum Gasteiger partial charge on any atom is -0.377 e. The fourth-order valence-electron chi connectivity index (χ4n) is 3.94. The van der Waals surface area contributed by atoms with Gasteiger partial charge in [-0.25, -0.2) is 21.9 Å². The molecule has 1 saturated heterocycles. The van der Waals surface area contributed by atoms with Crippen LogP contribution in [-0.2, 0) is 27.7 Å². The van der Waals surface area contributed by atoms with Crippen LogP contribution in [0.2, 0.25) is 0 Å². The molecule has 2 aliphatic rings. The summed E-state index contributed by atoms with van der Waals surface area (Å²) in [5.41, 5.74) is 0.527. The van der Waals surface area contributed by atoms with Crippen LogP contribution in [0.1, 0.15) is 35.1 Å². The first kappa shape index (κ1) is 20.0. The SMILES string of the molecule is Cc1c(S(=O)(=O)NC2(C)COC2)c2n(c1C(=O)Nc1ccc(F)c(F)c1)CCC2. The van der Waals surface area contributed by atoms with Crippen LogP contribution in [-0.4, -0.2) is 37.6 Å². The number of fused-ring (bicyclic) bond motifs is 1. The van der Waals surface area contributed by atoms with E-state index in [0.29, 0.717) is 30.6 Å². The average Bonchev–Trinajstić information content (AvgIpc) is 3.15. The predicted molar refractivity (Wildman–Crippen MR) is 101 cm³/mol. The lowest BCUT2D eigenvalue weighted by Crippen LogP contribution is -2.59. The summed E-state index contributed by atoms with van der Waals surface area (Å²) in [5.74, 6) is -2.67. The van der Waals surface area contributed by atoms with Gasteiger partial charge in [0, 0.05) is 29.6 Å². The molecule has 0 saturated carbocycles. The smallest absolute Gasteiger partial charge is 0.272 e. The van der Waals surface area contributed by atoms with Crippen molar-refractivity contribution in [3.8, 4) is 0 Å². The zero-order chi connectivity index (χ0) is 21.0. The maximum atomic E-state index is 13.5. The Bertz CT molecular complexity index is 1110. The Morgan fingerprint density at radius 3 is 2.59 bits per heavy atom. The number of carbonyl (C=O) groups excluding carboxylic acids is 1. The van der Waals surface area contributed by atoms with Gasteiger partial charge in [0.1, 0.15) is 10.6 Å². The van der Waals surface area contributed by atoms with Crippen molar-refractivity contribution in [2.75, 3.05) is 18.5 Å². The lowest BCUT2D eigenvalue weighted by atomic mass is 10.0. The Kier molecular flexibility index (Phi) is 4.75. The van der Waals surface area contributed by atoms with E-state index in [1.165, 1.54) is 6.07 Å². The number of halogens is 2. The highest BCUT2D eigenvalue weighted by Crippen LogP contribution is 2.34. The van der Waals surface area contributed by atoms with Crippen molar-refractivity contribution in [3.63, 3.8) is 0 Å². The molecule has 1 aromatic heterocycles. The van der Waals surface area contributed by atoms with Gasteiger partial charge in [0.05, 0.1) is 18.8 Å². The van der Waals surface area contributed by atoms with Crippen molar-refractivity contribution in [2.24, 2.45) is 0 Å². The van der Waals surface area contributed by atoms with Crippen LogP contribution in [0.4, 0.5) is 14.5 Å². The van der Waals surface area contributed by atoms with Crippen LogP contribution in [0.5, 0.6) is 0 Å². The van der Waals surface area contributed by atoms with Crippen LogP contribution in [0.3, 0.4) is 0 Å². The zero-order valence-electron chi connectivity index (χ0n) is 16.0. The maximum absolute atomic E-state index is 13.5. The van der Waals surface area contributed by atoms with Crippen molar-refractivity contribution < 1.29 is 26.7 Å². The van der Waals surface area contributed by atoms with Gasteiger partial charge in [-0.05, 0) is 38.8 Å². The number of rotatable bonds is 5. The Morgan fingerprint density at radius 2 is 1.97 bits per heavy atom. The van der Waals surface area contributed by atoms with Crippen LogP contribution in [0, 0.1) is 18.6 Å². The molecule has 10 heteroatoms. The third-order valence-electron chi connectivity index (χ3n) is 5.23. The number of anilines is 1. The molecule has 2 aromatic rings. The van der Waals surface area contributed by atoms with Crippen molar-refractivity contribution in [1.82, 2.24) is 9.29 Å². The molecule has 0 unspecified atom stereocenters. The van der Waals surface area contributed by atoms with Crippen molar-refractivity contribution >= 4 is 21.6 Å². The van der Waals surface area contributed by atoms with Crippen LogP contribution >= 0.6 is 0 Å². The molecule has 1 aromatic carbocycles. The highest BCUT2D eigenvalue weighted by Gasteiger charge is 2.41. The molecule has 4 rings (SSSR count). The van der Waals surface area contributed by atoms with Crippen LogP contribution in [0.25, 0.3) is 0 Å². The number of sulfonamides is 1. The highest BCUT2D eigenvalue weighted by atomic mass is 32.2. The maximum Gasteiger partial charge on any atom is 0.272 e. The minimum atomic E-state index is -3.87. The van der Waals surface area contributed by atoms with E-state index in [-0.39, 0.29) is 29.5 Å². The van der Waals surface area contributed by atoms with Crippen molar-refractivity contribution in [1.29, 1.82) is 0 Å². The largest absolute Gasteiger partial charge is 0.377 e. The first-order valence-electron chi connectivity index (χ1n) is 9.21. The van der Waals surface area contributed by atoms with Crippen LogP contribution in [0.15, 0.2) is 23.1 Å². The molecular formula is C19H21F2N3O4S. The van der Waals surface area contributed by atoms with E-state index in [2.05, 4.69) is 10.0 Å². The molecule has 3 heterocycles. The third kappa shape index (κ3) is 3.45. The van der Waals surface area contributed by atoms with E-state index in [1.54, 1.807) is 18.4 Å². The second-order valence-corrected chi connectivity index (χ2v) is 9.37. The molecule has 0 radical (unpaired) electrons. The van der Waals surface area contributed by atoms with Gasteiger partial charge in [-0.15, -0.1) is 0 Å². The molecule has 2 N–H and O–H groups in total. The molecule has 7 nitrogen and oxygen atoms in total. The molecule has 1 fully saturated rings. The van der Waals surface area contributed by atoms with Gasteiger partial charge in [0.25, 0.3) is 5.91 Å². The Balaban J connectivity index is 1.71. The van der Waals surface area contributed by atoms with Crippen molar-refractivity contribution in [3.05, 3.63) is 46.8 Å². The molecular weight excluding hydrogens is 404 g/mol. The number of carbonyl (C=O) groups is 1. The molecule has 1 amide bonds. The summed E-state index contributed by atoms with van der Waals surface area (Å²) >= 11 is 0. The van der Waals surface area contributed by atoms with Gasteiger partial charge < -0.3 is 14.6 Å². The molecule has 2 aliphatic heterocycles. The second-order valence-electron chi connectivity index (χ2n) is 7.75. The number of amides is 1. The number of hydrogen-bond donors (Lipinski definition) is 2. The van der Waals surface area contributed by atoms with Gasteiger partial charge >= 0.3 is 0 Å². The van der Waals surface area contributed by atoms with Gasteiger partial charge in [-0.3, -0.25) is 4.79 Å². The lowest BCUT2D eigenvalue weighted by Gasteiger charge is -2.38. The zero-order valence-corrected chi connectivity index (χ0v) is 16.8. The monoisotopic (exact) mass is 425 g/mol. The normalized spacial score (nSPS) is 17.7. The summed E-state index contributed by atoms with van der Waals surface area (Å²) in [6, 6.07) is 3.05. The number of benzene rings is 1. The van der Waals surface area contributed by atoms with Gasteiger partial charge in [-0.1, -0.05) is 0 Å². The van der Waals surface area contributed by atoms with Crippen LogP contribution < -0.4 is 10.0 Å². The number of aromatic nitrogens is 1. The number of hydrogen-bond acceptors (Lipinski definition) is 4. The van der Waals surface area contributed by atoms with E-state index in [9.17, 15) is 22.0 Å². The fourth-order valence-corrected chi connectivity index (χ4v) is 5.83. The Morgan fingerprint density at radius 1 is 1.24 bits per heavy atom. The number of nitrogens with one attached hydrogen (secondary N) is 2. The van der Waals surface area contributed by atoms with Gasteiger partial charge in [0.2, 0.25) is 10.0 Å². The van der Waals surface area contributed by atoms with E-state index in [0.717, 1.165) is 12.1 Å². The summed E-state index contributed by atoms with van der Waals surface area (Å²) in [4.78, 5) is 13.0. The molecule has 0 bridgehead atoms. The van der Waals surface area contributed by atoms with E-state index in [4.69, 9.17) is 4.74 Å². The Labute approximate surface area is 167 Å². The van der Waals surface area contributed by atoms with Gasteiger partial charge in [-0.2, -0.15) is 0 Å². The first-order valence-corrected chi connectivity index (χ1v) is 10.7. The average molecular weight is 425 g/mol. The standard InChI is InChI=1S/C19H21F2N3O4S/c1-11-16(18(25)22-12-5-6-13(20)14(21)8-12)24-7-3-4-15(24)17(11)29(26,27)23-19(2)9-28-10-19/h5-6,8,23H,3-4,7,9-10H2,1-2H3,(H,22,25). The molecule has 0 spiro atoms. The predicted octanol–water partition coefficient (Wildman–Crippen LogP) is 2.34. The highest BCUT2D eigenvalue weighted by molar-refractivity contribution is 7.89. The summed E-state index contributed by atoms with van der Waals surface area (Å²) in [5, 5.41) is 2.53. The Hall–Kier alpha value is -2.30. The summed E-state index contributed by atoms with van der Waals surface area (Å²) in [6.45, 7) is 4.41. The molecule has 0 atom stereocenters. The molecule has 156 valence electrons. The summed E-state index contributed by atoms with van der Waals surface area (Å²) in [7, 11) is -3.87. The number of ether oxygens (including phenoxy) is 1. The van der Waals surface area contributed by atoms with E-state index in [1.807, 2.05) is 0 Å². The fraction of sp³-hybridized carbons (Fsp3) is 0.421. The first-order chi connectivity index (χ1) is 13.6. The quantitative estimate of drug-likeness (QED) is 0.770. The second kappa shape index (κ2) is 6.89. The van der Waals surface area contributed by atoms with E-state index < -0.39 is 33.1 Å². The van der Waals surface area contributed by atoms with E-state index >= 15 is 0 Å². The lowest BCUT2D eigenvalue weighted by molar-refractivity contribution is -0.0523. The third-order valence-corrected chi connectivity index (χ3v) is 7.07. The summed E-state index contributed by atoms with van der Waals surface area (Å²) < 4.78 is 62.3. The molecule has 0 aliphatic carbocycles.